The number of benzene rings is 1. The first kappa shape index (κ1) is 19.2. The fraction of sp³-hybridized carbons (Fsp3) is 0.409. The second kappa shape index (κ2) is 8.11. The van der Waals surface area contributed by atoms with Crippen LogP contribution in [0.4, 0.5) is 5.69 Å². The number of amides is 2. The lowest BCUT2D eigenvalue weighted by atomic mass is 10.1. The number of carbonyl (C=O) groups excluding carboxylic acids is 2. The molecule has 152 valence electrons. The number of aromatic nitrogens is 1. The maximum atomic E-state index is 13.3. The van der Waals surface area contributed by atoms with Crippen molar-refractivity contribution in [3.63, 3.8) is 0 Å². The molecule has 1 saturated heterocycles. The first-order valence-electron chi connectivity index (χ1n) is 9.82. The molecule has 1 saturated carbocycles. The van der Waals surface area contributed by atoms with Gasteiger partial charge in [-0.1, -0.05) is 6.07 Å². The van der Waals surface area contributed by atoms with Crippen LogP contribution in [0.25, 0.3) is 0 Å². The van der Waals surface area contributed by atoms with Crippen molar-refractivity contribution in [2.45, 2.75) is 31.8 Å². The fourth-order valence-electron chi connectivity index (χ4n) is 3.81. The minimum absolute atomic E-state index is 0.0484. The van der Waals surface area contributed by atoms with E-state index >= 15 is 0 Å². The van der Waals surface area contributed by atoms with Crippen molar-refractivity contribution >= 4 is 17.5 Å². The molecule has 1 aromatic heterocycles. The standard InChI is InChI=1S/C22H25N3O4/c1-28-19-8-7-18(11-20(19)29-2)24-14-16(10-21(24)26)22(27)25(17-5-6-17)13-15-4-3-9-23-12-15/h3-4,7-9,11-12,16-17H,5-6,10,13-14H2,1-2H3/t16-/m1/s1. The van der Waals surface area contributed by atoms with E-state index in [0.29, 0.717) is 30.3 Å². The Hall–Kier alpha value is -3.09. The minimum atomic E-state index is -0.340. The molecule has 0 spiro atoms. The number of pyridine rings is 1. The summed E-state index contributed by atoms with van der Waals surface area (Å²) in [5.41, 5.74) is 1.72. The third kappa shape index (κ3) is 4.04. The highest BCUT2D eigenvalue weighted by molar-refractivity contribution is 6.00. The van der Waals surface area contributed by atoms with Crippen LogP contribution in [0.2, 0.25) is 0 Å². The lowest BCUT2D eigenvalue weighted by Gasteiger charge is -2.25. The van der Waals surface area contributed by atoms with Gasteiger partial charge in [-0.05, 0) is 36.6 Å². The van der Waals surface area contributed by atoms with Crippen molar-refractivity contribution in [2.75, 3.05) is 25.7 Å². The van der Waals surface area contributed by atoms with E-state index in [1.54, 1.807) is 43.6 Å². The Kier molecular flexibility index (Phi) is 5.38. The van der Waals surface area contributed by atoms with E-state index in [2.05, 4.69) is 4.98 Å². The zero-order valence-corrected chi connectivity index (χ0v) is 16.7. The van der Waals surface area contributed by atoms with Gasteiger partial charge < -0.3 is 19.3 Å². The summed E-state index contributed by atoms with van der Waals surface area (Å²) in [6.07, 6.45) is 5.78. The summed E-state index contributed by atoms with van der Waals surface area (Å²) in [6, 6.07) is 9.50. The number of hydrogen-bond donors (Lipinski definition) is 0. The van der Waals surface area contributed by atoms with Gasteiger partial charge in [0.25, 0.3) is 0 Å². The van der Waals surface area contributed by atoms with Crippen LogP contribution < -0.4 is 14.4 Å². The molecule has 7 heteroatoms. The van der Waals surface area contributed by atoms with E-state index in [-0.39, 0.29) is 30.2 Å². The Morgan fingerprint density at radius 3 is 2.66 bits per heavy atom. The molecular weight excluding hydrogens is 370 g/mol. The Morgan fingerprint density at radius 1 is 1.21 bits per heavy atom. The van der Waals surface area contributed by atoms with Crippen LogP contribution in [0.5, 0.6) is 11.5 Å². The first-order chi connectivity index (χ1) is 14.1. The molecule has 0 unspecified atom stereocenters. The van der Waals surface area contributed by atoms with Crippen molar-refractivity contribution in [3.05, 3.63) is 48.3 Å². The Bertz CT molecular complexity index is 898. The number of rotatable bonds is 7. The molecule has 2 aromatic rings. The number of methoxy groups -OCH3 is 2. The highest BCUT2D eigenvalue weighted by Crippen LogP contribution is 2.36. The maximum Gasteiger partial charge on any atom is 0.228 e. The van der Waals surface area contributed by atoms with Gasteiger partial charge in [0.2, 0.25) is 11.8 Å². The first-order valence-corrected chi connectivity index (χ1v) is 9.82. The van der Waals surface area contributed by atoms with Crippen LogP contribution in [0.15, 0.2) is 42.7 Å². The van der Waals surface area contributed by atoms with E-state index < -0.39 is 0 Å². The molecule has 2 fully saturated rings. The van der Waals surface area contributed by atoms with E-state index in [1.807, 2.05) is 23.1 Å². The molecule has 29 heavy (non-hydrogen) atoms. The largest absolute Gasteiger partial charge is 0.493 e. The van der Waals surface area contributed by atoms with Crippen molar-refractivity contribution in [3.8, 4) is 11.5 Å². The highest BCUT2D eigenvalue weighted by atomic mass is 16.5. The summed E-state index contributed by atoms with van der Waals surface area (Å²) in [7, 11) is 3.13. The van der Waals surface area contributed by atoms with E-state index in [9.17, 15) is 9.59 Å². The van der Waals surface area contributed by atoms with E-state index in [0.717, 1.165) is 18.4 Å². The second-order valence-corrected chi connectivity index (χ2v) is 7.50. The van der Waals surface area contributed by atoms with Crippen molar-refractivity contribution < 1.29 is 19.1 Å². The number of ether oxygens (including phenoxy) is 2. The van der Waals surface area contributed by atoms with Gasteiger partial charge in [0.1, 0.15) is 0 Å². The zero-order chi connectivity index (χ0) is 20.4. The van der Waals surface area contributed by atoms with E-state index in [1.165, 1.54) is 0 Å². The Balaban J connectivity index is 1.50. The predicted molar refractivity (Wildman–Crippen MR) is 108 cm³/mol. The molecule has 7 nitrogen and oxygen atoms in total. The fourth-order valence-corrected chi connectivity index (χ4v) is 3.81. The normalized spacial score (nSPS) is 18.6. The van der Waals surface area contributed by atoms with Crippen molar-refractivity contribution in [2.24, 2.45) is 5.92 Å². The molecule has 0 bridgehead atoms. The molecule has 1 aliphatic carbocycles. The van der Waals surface area contributed by atoms with Gasteiger partial charge in [-0.25, -0.2) is 0 Å². The van der Waals surface area contributed by atoms with Crippen LogP contribution in [0, 0.1) is 5.92 Å². The molecule has 1 aromatic carbocycles. The van der Waals surface area contributed by atoms with Crippen LogP contribution in [-0.2, 0) is 16.1 Å². The number of nitrogens with zero attached hydrogens (tertiary/aromatic N) is 3. The van der Waals surface area contributed by atoms with Crippen LogP contribution in [0.1, 0.15) is 24.8 Å². The Labute approximate surface area is 170 Å². The average Bonchev–Trinajstić information content (AvgIpc) is 3.53. The summed E-state index contributed by atoms with van der Waals surface area (Å²) in [4.78, 5) is 33.7. The SMILES string of the molecule is COc1ccc(N2C[C@H](C(=O)N(Cc3cccnc3)C3CC3)CC2=O)cc1OC. The molecule has 1 atom stereocenters. The summed E-state index contributed by atoms with van der Waals surface area (Å²) in [6.45, 7) is 0.918. The smallest absolute Gasteiger partial charge is 0.228 e. The van der Waals surface area contributed by atoms with Crippen molar-refractivity contribution in [1.82, 2.24) is 9.88 Å². The van der Waals surface area contributed by atoms with Crippen LogP contribution >= 0.6 is 0 Å². The molecule has 2 amide bonds. The lowest BCUT2D eigenvalue weighted by molar-refractivity contribution is -0.137. The zero-order valence-electron chi connectivity index (χ0n) is 16.7. The van der Waals surface area contributed by atoms with Gasteiger partial charge in [0.15, 0.2) is 11.5 Å². The van der Waals surface area contributed by atoms with Crippen molar-refractivity contribution in [1.29, 1.82) is 0 Å². The lowest BCUT2D eigenvalue weighted by Crippen LogP contribution is -2.38. The summed E-state index contributed by atoms with van der Waals surface area (Å²) in [5.74, 6) is 0.823. The van der Waals surface area contributed by atoms with E-state index in [4.69, 9.17) is 9.47 Å². The number of anilines is 1. The molecule has 0 N–H and O–H groups in total. The Morgan fingerprint density at radius 2 is 2.00 bits per heavy atom. The molecule has 2 heterocycles. The van der Waals surface area contributed by atoms with Gasteiger partial charge in [-0.3, -0.25) is 14.6 Å². The highest BCUT2D eigenvalue weighted by Gasteiger charge is 2.41. The number of carbonyl (C=O) groups is 2. The third-order valence-corrected chi connectivity index (χ3v) is 5.50. The molecule has 4 rings (SSSR count). The average molecular weight is 395 g/mol. The quantitative estimate of drug-likeness (QED) is 0.721. The molecule has 1 aliphatic heterocycles. The second-order valence-electron chi connectivity index (χ2n) is 7.50. The number of hydrogen-bond acceptors (Lipinski definition) is 5. The van der Waals surface area contributed by atoms with Gasteiger partial charge >= 0.3 is 0 Å². The van der Waals surface area contributed by atoms with Crippen LogP contribution in [-0.4, -0.2) is 48.5 Å². The molecule has 0 radical (unpaired) electrons. The summed E-state index contributed by atoms with van der Waals surface area (Å²) < 4.78 is 10.6. The summed E-state index contributed by atoms with van der Waals surface area (Å²) >= 11 is 0. The topological polar surface area (TPSA) is 72.0 Å². The third-order valence-electron chi connectivity index (χ3n) is 5.50. The molecule has 2 aliphatic rings. The summed E-state index contributed by atoms with van der Waals surface area (Å²) in [5, 5.41) is 0. The maximum absolute atomic E-state index is 13.3. The molecular formula is C22H25N3O4. The predicted octanol–water partition coefficient (Wildman–Crippen LogP) is 2.64. The van der Waals surface area contributed by atoms with Crippen LogP contribution in [0.3, 0.4) is 0 Å². The monoisotopic (exact) mass is 395 g/mol. The van der Waals surface area contributed by atoms with Gasteiger partial charge in [0.05, 0.1) is 20.1 Å². The van der Waals surface area contributed by atoms with Gasteiger partial charge in [0, 0.05) is 49.7 Å². The van der Waals surface area contributed by atoms with Gasteiger partial charge in [-0.2, -0.15) is 0 Å². The minimum Gasteiger partial charge on any atom is -0.493 e. The van der Waals surface area contributed by atoms with Gasteiger partial charge in [-0.15, -0.1) is 0 Å².